The van der Waals surface area contributed by atoms with E-state index in [1.54, 1.807) is 49.4 Å². The Morgan fingerprint density at radius 1 is 1.17 bits per heavy atom. The third-order valence-electron chi connectivity index (χ3n) is 4.17. The minimum absolute atomic E-state index is 0.0111. The number of benzene rings is 2. The molecule has 0 saturated heterocycles. The molecule has 0 aliphatic carbocycles. The van der Waals surface area contributed by atoms with Gasteiger partial charge in [-0.3, -0.25) is 9.59 Å². The van der Waals surface area contributed by atoms with E-state index < -0.39 is 23.7 Å². The maximum Gasteiger partial charge on any atom is 0.305 e. The van der Waals surface area contributed by atoms with Crippen LogP contribution in [0.3, 0.4) is 0 Å². The third-order valence-corrected chi connectivity index (χ3v) is 4.17. The first kappa shape index (κ1) is 20.1. The van der Waals surface area contributed by atoms with Gasteiger partial charge in [-0.15, -0.1) is 0 Å². The summed E-state index contributed by atoms with van der Waals surface area (Å²) in [7, 11) is 0. The van der Waals surface area contributed by atoms with E-state index in [1.807, 2.05) is 0 Å². The van der Waals surface area contributed by atoms with Crippen LogP contribution in [0.1, 0.15) is 35.4 Å². The Hall–Kier alpha value is -3.68. The van der Waals surface area contributed by atoms with E-state index >= 15 is 0 Å². The first-order valence-corrected chi connectivity index (χ1v) is 9.05. The molecule has 1 heterocycles. The third kappa shape index (κ3) is 4.78. The molecule has 0 aliphatic heterocycles. The molecule has 2 N–H and O–H groups in total. The van der Waals surface area contributed by atoms with Gasteiger partial charge >= 0.3 is 5.97 Å². The number of hydrogen-bond donors (Lipinski definition) is 2. The fourth-order valence-electron chi connectivity index (χ4n) is 2.87. The van der Waals surface area contributed by atoms with Crippen molar-refractivity contribution in [3.05, 3.63) is 77.7 Å². The van der Waals surface area contributed by atoms with Crippen molar-refractivity contribution in [2.45, 2.75) is 19.4 Å². The number of carbonyl (C=O) groups excluding carboxylic acids is 1. The summed E-state index contributed by atoms with van der Waals surface area (Å²) in [5, 5.41) is 16.1. The lowest BCUT2D eigenvalue weighted by Gasteiger charge is -2.16. The lowest BCUT2D eigenvalue weighted by molar-refractivity contribution is -0.137. The Bertz CT molecular complexity index is 1000. The van der Waals surface area contributed by atoms with Crippen molar-refractivity contribution in [1.29, 1.82) is 0 Å². The molecule has 1 amide bonds. The lowest BCUT2D eigenvalue weighted by atomic mass is 10.0. The van der Waals surface area contributed by atoms with Crippen LogP contribution in [-0.4, -0.2) is 33.4 Å². The number of rotatable bonds is 8. The second kappa shape index (κ2) is 9.01. The number of para-hydroxylation sites is 1. The Morgan fingerprint density at radius 3 is 2.52 bits per heavy atom. The predicted octanol–water partition coefficient (Wildman–Crippen LogP) is 3.36. The van der Waals surface area contributed by atoms with Gasteiger partial charge in [0.1, 0.15) is 11.5 Å². The first-order valence-electron chi connectivity index (χ1n) is 9.05. The topological polar surface area (TPSA) is 93.4 Å². The van der Waals surface area contributed by atoms with E-state index in [-0.39, 0.29) is 23.7 Å². The summed E-state index contributed by atoms with van der Waals surface area (Å²) in [6.45, 7) is 2.06. The molecule has 0 radical (unpaired) electrons. The average molecular weight is 397 g/mol. The van der Waals surface area contributed by atoms with Crippen LogP contribution in [-0.2, 0) is 4.79 Å². The van der Waals surface area contributed by atoms with E-state index in [0.717, 1.165) is 0 Å². The number of aromatic nitrogens is 2. The maximum atomic E-state index is 14.2. The van der Waals surface area contributed by atoms with Crippen LogP contribution in [0.15, 0.2) is 60.7 Å². The molecule has 29 heavy (non-hydrogen) atoms. The van der Waals surface area contributed by atoms with Gasteiger partial charge in [-0.25, -0.2) is 4.39 Å². The highest BCUT2D eigenvalue weighted by atomic mass is 19.1. The highest BCUT2D eigenvalue weighted by Crippen LogP contribution is 2.23. The quantitative estimate of drug-likeness (QED) is 0.608. The summed E-state index contributed by atoms with van der Waals surface area (Å²) in [4.78, 5) is 24.0. The van der Waals surface area contributed by atoms with Gasteiger partial charge in [0.25, 0.3) is 5.91 Å². The van der Waals surface area contributed by atoms with Crippen molar-refractivity contribution in [3.63, 3.8) is 0 Å². The summed E-state index contributed by atoms with van der Waals surface area (Å²) >= 11 is 0. The van der Waals surface area contributed by atoms with E-state index in [1.165, 1.54) is 22.9 Å². The second-order valence-corrected chi connectivity index (χ2v) is 6.20. The van der Waals surface area contributed by atoms with Crippen LogP contribution in [0, 0.1) is 5.82 Å². The van der Waals surface area contributed by atoms with E-state index in [2.05, 4.69) is 10.4 Å². The molecule has 8 heteroatoms. The number of ether oxygens (including phenoxy) is 1. The number of nitrogens with one attached hydrogen (secondary N) is 1. The number of amides is 1. The largest absolute Gasteiger partial charge is 0.481 e. The van der Waals surface area contributed by atoms with Gasteiger partial charge in [-0.1, -0.05) is 42.5 Å². The van der Waals surface area contributed by atoms with Crippen molar-refractivity contribution in [2.24, 2.45) is 0 Å². The molecule has 150 valence electrons. The Morgan fingerprint density at radius 2 is 1.86 bits per heavy atom. The van der Waals surface area contributed by atoms with E-state index in [4.69, 9.17) is 4.74 Å². The summed E-state index contributed by atoms with van der Waals surface area (Å²) in [5.41, 5.74) is 0.782. The van der Waals surface area contributed by atoms with Crippen LogP contribution in [0.4, 0.5) is 4.39 Å². The molecule has 0 saturated carbocycles. The van der Waals surface area contributed by atoms with E-state index in [0.29, 0.717) is 12.2 Å². The zero-order chi connectivity index (χ0) is 20.8. The Balaban J connectivity index is 1.91. The monoisotopic (exact) mass is 397 g/mol. The van der Waals surface area contributed by atoms with Crippen LogP contribution in [0.2, 0.25) is 0 Å². The molecule has 1 atom stereocenters. The molecule has 2 aromatic carbocycles. The van der Waals surface area contributed by atoms with Crippen LogP contribution in [0.5, 0.6) is 5.88 Å². The Labute approximate surface area is 166 Å². The van der Waals surface area contributed by atoms with Gasteiger partial charge in [-0.05, 0) is 24.6 Å². The van der Waals surface area contributed by atoms with Crippen molar-refractivity contribution >= 4 is 11.9 Å². The van der Waals surface area contributed by atoms with Crippen molar-refractivity contribution in [3.8, 4) is 11.6 Å². The number of halogens is 1. The number of hydrogen-bond acceptors (Lipinski definition) is 4. The summed E-state index contributed by atoms with van der Waals surface area (Å²) < 4.78 is 20.9. The Kier molecular flexibility index (Phi) is 6.23. The molecule has 1 aromatic heterocycles. The van der Waals surface area contributed by atoms with Crippen LogP contribution >= 0.6 is 0 Å². The van der Waals surface area contributed by atoms with Gasteiger partial charge < -0.3 is 15.2 Å². The summed E-state index contributed by atoms with van der Waals surface area (Å²) in [5.74, 6) is -1.95. The van der Waals surface area contributed by atoms with Crippen LogP contribution < -0.4 is 10.1 Å². The molecule has 0 bridgehead atoms. The smallest absolute Gasteiger partial charge is 0.305 e. The van der Waals surface area contributed by atoms with E-state index in [9.17, 15) is 19.1 Å². The fraction of sp³-hybridized carbons (Fsp3) is 0.190. The van der Waals surface area contributed by atoms with Gasteiger partial charge in [0, 0.05) is 6.07 Å². The van der Waals surface area contributed by atoms with Crippen LogP contribution in [0.25, 0.3) is 5.69 Å². The zero-order valence-electron chi connectivity index (χ0n) is 15.7. The number of aliphatic carboxylic acids is 1. The van der Waals surface area contributed by atoms with Gasteiger partial charge in [0.05, 0.1) is 19.1 Å². The minimum atomic E-state index is -1.05. The molecular weight excluding hydrogens is 377 g/mol. The fourth-order valence-corrected chi connectivity index (χ4v) is 2.87. The number of nitrogens with zero attached hydrogens (tertiary/aromatic N) is 2. The molecule has 0 fully saturated rings. The molecule has 7 nitrogen and oxygen atoms in total. The van der Waals surface area contributed by atoms with Crippen molar-refractivity contribution in [1.82, 2.24) is 15.1 Å². The average Bonchev–Trinajstić information content (AvgIpc) is 3.12. The molecule has 0 spiro atoms. The molecule has 3 rings (SSSR count). The number of carbonyl (C=O) groups is 2. The highest BCUT2D eigenvalue weighted by molar-refractivity contribution is 5.93. The predicted molar refractivity (Wildman–Crippen MR) is 104 cm³/mol. The second-order valence-electron chi connectivity index (χ2n) is 6.20. The molecule has 3 aromatic rings. The normalized spacial score (nSPS) is 11.7. The van der Waals surface area contributed by atoms with Gasteiger partial charge in [0.15, 0.2) is 5.69 Å². The van der Waals surface area contributed by atoms with Gasteiger partial charge in [0.2, 0.25) is 5.88 Å². The number of carboxylic acids is 1. The minimum Gasteiger partial charge on any atom is -0.481 e. The van der Waals surface area contributed by atoms with Crippen molar-refractivity contribution in [2.75, 3.05) is 6.61 Å². The molecular formula is C21H20FN3O4. The zero-order valence-corrected chi connectivity index (χ0v) is 15.7. The first-order chi connectivity index (χ1) is 14.0. The van der Waals surface area contributed by atoms with Crippen molar-refractivity contribution < 1.29 is 23.8 Å². The summed E-state index contributed by atoms with van der Waals surface area (Å²) in [6.07, 6.45) is -0.290. The SMILES string of the molecule is CCOc1cc(C(=O)N[C@@H](CC(=O)O)c2ccccc2)nn1-c1ccccc1F. The number of carboxylic acid groups (broad SMARTS) is 1. The van der Waals surface area contributed by atoms with Gasteiger partial charge in [-0.2, -0.15) is 9.78 Å². The highest BCUT2D eigenvalue weighted by Gasteiger charge is 2.23. The standard InChI is InChI=1S/C21H20FN3O4/c1-2-29-19-12-17(24-25(19)18-11-7-6-10-15(18)22)21(28)23-16(13-20(26)27)14-8-4-3-5-9-14/h3-12,16H,2,13H2,1H3,(H,23,28)(H,26,27)/t16-/m0/s1. The lowest BCUT2D eigenvalue weighted by Crippen LogP contribution is -2.30. The molecule has 0 aliphatic rings. The summed E-state index contributed by atoms with van der Waals surface area (Å²) in [6, 6.07) is 15.4. The maximum absolute atomic E-state index is 14.2. The molecule has 0 unspecified atom stereocenters.